The fraction of sp³-hybridized carbons (Fsp3) is 0.459. The van der Waals surface area contributed by atoms with Crippen molar-refractivity contribution in [1.29, 1.82) is 0 Å². The van der Waals surface area contributed by atoms with Crippen LogP contribution in [-0.4, -0.2) is 137 Å². The molecule has 2 fully saturated rings. The van der Waals surface area contributed by atoms with E-state index in [2.05, 4.69) is 22.0 Å². The summed E-state index contributed by atoms with van der Waals surface area (Å²) in [6.45, 7) is 9.01. The van der Waals surface area contributed by atoms with Crippen LogP contribution in [0.4, 0.5) is 0 Å². The number of amides is 3. The molecule has 4 aromatic rings. The standard InChI is InChI=1S/C61H69N3O19S/c1-29(65)62-49-23-22-42(39-12-11-13-41(24-39)84-61-58(81-36(8)72)56(79-34(6)70)54(74)51(83-61)28-77-32(4)68)48-25-40(20-21-44(48)49)47-26-46(43-14-9-10-15-45(43)52(47)63-30(2)66)37-16-18-38(19-17-37)59(75)64-60-57(80-35(7)71)55(78-33(5)69)53(73)50(82-60)27-76-31(3)67/h9-21,24-25,42,46-47,49-58,60-61,73-74H,22-23,26-28H2,1-8H3,(H,62,65)(H,63,66)(H,64,75)/t42?,46?,47?,49-,50?,51?,52+,53?,54?,55?,56?,57?,58?,60?,61?/m1/s1. The minimum Gasteiger partial charge on any atom is -0.463 e. The molecule has 4 aromatic carbocycles. The molecule has 2 saturated heterocycles. The number of aliphatic hydroxyl groups excluding tert-OH is 2. The van der Waals surface area contributed by atoms with Gasteiger partial charge in [0.1, 0.15) is 43.1 Å². The number of benzene rings is 4. The molecule has 84 heavy (non-hydrogen) atoms. The van der Waals surface area contributed by atoms with Crippen LogP contribution in [0.15, 0.2) is 95.9 Å². The number of ether oxygens (including phenoxy) is 8. The van der Waals surface area contributed by atoms with Crippen molar-refractivity contribution in [2.24, 2.45) is 0 Å². The van der Waals surface area contributed by atoms with Gasteiger partial charge >= 0.3 is 35.8 Å². The Morgan fingerprint density at radius 1 is 0.512 bits per heavy atom. The highest BCUT2D eigenvalue weighted by Crippen LogP contribution is 2.51. The third-order valence-electron chi connectivity index (χ3n) is 15.1. The molecule has 8 rings (SSSR count). The first-order valence-corrected chi connectivity index (χ1v) is 28.4. The summed E-state index contributed by atoms with van der Waals surface area (Å²) < 4.78 is 44.5. The van der Waals surface area contributed by atoms with Gasteiger partial charge in [-0.3, -0.25) is 43.2 Å². The molecule has 0 bridgehead atoms. The van der Waals surface area contributed by atoms with Crippen LogP contribution in [0, 0.1) is 0 Å². The van der Waals surface area contributed by atoms with E-state index in [4.69, 9.17) is 37.9 Å². The second-order valence-corrected chi connectivity index (χ2v) is 22.5. The van der Waals surface area contributed by atoms with Crippen LogP contribution >= 0.6 is 11.8 Å². The zero-order chi connectivity index (χ0) is 60.7. The smallest absolute Gasteiger partial charge is 0.303 e. The molecule has 0 aromatic heterocycles. The lowest BCUT2D eigenvalue weighted by Crippen LogP contribution is -2.65. The van der Waals surface area contributed by atoms with Crippen molar-refractivity contribution in [3.63, 3.8) is 0 Å². The number of rotatable bonds is 17. The van der Waals surface area contributed by atoms with Gasteiger partial charge in [0.2, 0.25) is 11.8 Å². The normalized spacial score (nSPS) is 27.9. The van der Waals surface area contributed by atoms with Crippen LogP contribution in [-0.2, 0) is 76.3 Å². The topological polar surface area (TPSA) is 304 Å². The van der Waals surface area contributed by atoms with E-state index in [0.717, 1.165) is 66.6 Å². The van der Waals surface area contributed by atoms with Gasteiger partial charge in [0.15, 0.2) is 30.6 Å². The molecule has 0 radical (unpaired) electrons. The Morgan fingerprint density at radius 3 is 1.67 bits per heavy atom. The van der Waals surface area contributed by atoms with E-state index in [-0.39, 0.29) is 47.8 Å². The van der Waals surface area contributed by atoms with Crippen LogP contribution in [0.1, 0.15) is 154 Å². The predicted octanol–water partition coefficient (Wildman–Crippen LogP) is 5.13. The molecule has 15 atom stereocenters. The lowest BCUT2D eigenvalue weighted by molar-refractivity contribution is -0.250. The van der Waals surface area contributed by atoms with Gasteiger partial charge in [-0.05, 0) is 82.5 Å². The second-order valence-electron chi connectivity index (χ2n) is 21.3. The first kappa shape index (κ1) is 62.3. The molecule has 5 N–H and O–H groups in total. The number of carbonyl (C=O) groups excluding carboxylic acids is 9. The van der Waals surface area contributed by atoms with Crippen LogP contribution in [0.5, 0.6) is 0 Å². The Kier molecular flexibility index (Phi) is 20.3. The molecule has 0 saturated carbocycles. The predicted molar refractivity (Wildman–Crippen MR) is 297 cm³/mol. The van der Waals surface area contributed by atoms with Crippen LogP contribution < -0.4 is 16.0 Å². The monoisotopic (exact) mass is 1180 g/mol. The van der Waals surface area contributed by atoms with Crippen molar-refractivity contribution >= 4 is 65.3 Å². The zero-order valence-corrected chi connectivity index (χ0v) is 48.4. The number of esters is 6. The summed E-state index contributed by atoms with van der Waals surface area (Å²) in [6, 6.07) is 27.8. The van der Waals surface area contributed by atoms with E-state index in [9.17, 15) is 53.4 Å². The SMILES string of the molecule is CC(=O)N[C@@H]1CCC(c2cccc(SC3OC(COC(C)=O)C(O)C(OC(C)=O)C3OC(C)=O)c2)c2cc(C3CC(c4ccc(C(=O)NC5OC(COC(C)=O)C(O)C(OC(C)=O)C5OC(C)=O)cc4)c4ccccc4[C@@H]3NC(C)=O)ccc21. The molecule has 2 aliphatic heterocycles. The van der Waals surface area contributed by atoms with E-state index in [0.29, 0.717) is 24.2 Å². The average Bonchev–Trinajstić information content (AvgIpc) is 2.73. The van der Waals surface area contributed by atoms with Crippen molar-refractivity contribution in [3.8, 4) is 0 Å². The third-order valence-corrected chi connectivity index (χ3v) is 16.3. The molecule has 13 unspecified atom stereocenters. The Bertz CT molecular complexity index is 3140. The van der Waals surface area contributed by atoms with Crippen molar-refractivity contribution in [2.75, 3.05) is 13.2 Å². The van der Waals surface area contributed by atoms with E-state index in [1.165, 1.54) is 39.5 Å². The third kappa shape index (κ3) is 15.0. The zero-order valence-electron chi connectivity index (χ0n) is 47.6. The van der Waals surface area contributed by atoms with Gasteiger partial charge in [-0.2, -0.15) is 0 Å². The van der Waals surface area contributed by atoms with Crippen LogP contribution in [0.2, 0.25) is 0 Å². The fourth-order valence-corrected chi connectivity index (χ4v) is 12.9. The van der Waals surface area contributed by atoms with Gasteiger partial charge in [-0.25, -0.2) is 0 Å². The lowest BCUT2D eigenvalue weighted by Gasteiger charge is -2.43. The highest BCUT2D eigenvalue weighted by Gasteiger charge is 2.52. The summed E-state index contributed by atoms with van der Waals surface area (Å²) >= 11 is 1.17. The van der Waals surface area contributed by atoms with Crippen molar-refractivity contribution in [1.82, 2.24) is 16.0 Å². The van der Waals surface area contributed by atoms with Gasteiger partial charge in [-0.15, -0.1) is 0 Å². The van der Waals surface area contributed by atoms with Crippen molar-refractivity contribution < 1.29 is 91.3 Å². The van der Waals surface area contributed by atoms with Crippen molar-refractivity contribution in [3.05, 3.63) is 136 Å². The van der Waals surface area contributed by atoms with Gasteiger partial charge in [0, 0.05) is 83.6 Å². The molecule has 2 aliphatic carbocycles. The first-order valence-electron chi connectivity index (χ1n) is 27.5. The number of aliphatic hydroxyl groups is 2. The van der Waals surface area contributed by atoms with Crippen molar-refractivity contribution in [2.45, 2.75) is 170 Å². The summed E-state index contributed by atoms with van der Waals surface area (Å²) in [5, 5.41) is 31.5. The minimum atomic E-state index is -1.61. The highest BCUT2D eigenvalue weighted by molar-refractivity contribution is 7.99. The molecular weight excluding hydrogens is 1110 g/mol. The summed E-state index contributed by atoms with van der Waals surface area (Å²) in [5.41, 5.74) is 5.50. The van der Waals surface area contributed by atoms with Gasteiger partial charge in [0.05, 0.1) is 12.1 Å². The number of hydrogen-bond donors (Lipinski definition) is 5. The van der Waals surface area contributed by atoms with Crippen LogP contribution in [0.3, 0.4) is 0 Å². The Balaban J connectivity index is 1.11. The summed E-state index contributed by atoms with van der Waals surface area (Å²) in [7, 11) is 0. The maximum absolute atomic E-state index is 14.1. The number of fused-ring (bicyclic) bond motifs is 2. The second kappa shape index (κ2) is 27.3. The molecule has 0 spiro atoms. The fourth-order valence-electron chi connectivity index (χ4n) is 11.7. The van der Waals surface area contributed by atoms with E-state index in [1.54, 1.807) is 12.1 Å². The van der Waals surface area contributed by atoms with E-state index in [1.807, 2.05) is 72.8 Å². The lowest BCUT2D eigenvalue weighted by atomic mass is 9.68. The Hall–Kier alpha value is -7.70. The average molecular weight is 1180 g/mol. The molecule has 3 amide bonds. The molecule has 2 heterocycles. The Labute approximate surface area is 489 Å². The van der Waals surface area contributed by atoms with E-state index < -0.39 is 115 Å². The molecular formula is C61H69N3O19S. The van der Waals surface area contributed by atoms with Gasteiger partial charge < -0.3 is 64.1 Å². The van der Waals surface area contributed by atoms with Gasteiger partial charge in [-0.1, -0.05) is 78.5 Å². The highest BCUT2D eigenvalue weighted by atomic mass is 32.2. The molecule has 22 nitrogen and oxygen atoms in total. The largest absolute Gasteiger partial charge is 0.463 e. The maximum Gasteiger partial charge on any atom is 0.303 e. The maximum atomic E-state index is 14.1. The number of thioether (sulfide) groups is 1. The summed E-state index contributed by atoms with van der Waals surface area (Å²) in [4.78, 5) is 114. The van der Waals surface area contributed by atoms with Crippen LogP contribution in [0.25, 0.3) is 0 Å². The Morgan fingerprint density at radius 2 is 1.07 bits per heavy atom. The summed E-state index contributed by atoms with van der Waals surface area (Å²) in [5.74, 6) is -6.29. The number of hydrogen-bond acceptors (Lipinski definition) is 20. The van der Waals surface area contributed by atoms with Gasteiger partial charge in [0.25, 0.3) is 5.91 Å². The number of carbonyl (C=O) groups is 9. The molecule has 4 aliphatic rings. The minimum absolute atomic E-state index is 0.174. The summed E-state index contributed by atoms with van der Waals surface area (Å²) in [6.07, 6.45) is -11.0. The number of nitrogens with one attached hydrogen (secondary N) is 3. The first-order chi connectivity index (χ1) is 39.9. The quantitative estimate of drug-likeness (QED) is 0.0676. The molecule has 23 heteroatoms. The van der Waals surface area contributed by atoms with E-state index >= 15 is 0 Å². The molecule has 448 valence electrons.